The molecule has 0 aliphatic carbocycles. The molecule has 50 valence electrons. The van der Waals surface area contributed by atoms with E-state index in [1.54, 1.807) is 0 Å². The fourth-order valence-electron chi connectivity index (χ4n) is 0.447. The van der Waals surface area contributed by atoms with Crippen molar-refractivity contribution in [3.63, 3.8) is 0 Å². The summed E-state index contributed by atoms with van der Waals surface area (Å²) >= 11 is 0. The summed E-state index contributed by atoms with van der Waals surface area (Å²) in [6.45, 7) is 3.39. The second kappa shape index (κ2) is 11.3. The summed E-state index contributed by atoms with van der Waals surface area (Å²) < 4.78 is 0. The molecular formula is C5H16IMgN. The number of hydrogen-bond acceptors (Lipinski definition) is 1. The van der Waals surface area contributed by atoms with Gasteiger partial charge < -0.3 is 7.75 Å². The molecule has 0 fully saturated rings. The van der Waals surface area contributed by atoms with Crippen LogP contribution >= 0.6 is 24.0 Å². The SMILES string of the molecule is CCCN(C)C.I.[H-].[H-].[Mg+2]. The molecule has 0 spiro atoms. The Hall–Kier alpha value is 1.46. The van der Waals surface area contributed by atoms with E-state index in [1.165, 1.54) is 13.0 Å². The van der Waals surface area contributed by atoms with Crippen LogP contribution in [0.15, 0.2) is 0 Å². The molecule has 0 atom stereocenters. The fourth-order valence-corrected chi connectivity index (χ4v) is 0.447. The zero-order valence-electron chi connectivity index (χ0n) is 7.98. The van der Waals surface area contributed by atoms with Crippen LogP contribution in [0.2, 0.25) is 0 Å². The summed E-state index contributed by atoms with van der Waals surface area (Å²) in [6.07, 6.45) is 1.26. The van der Waals surface area contributed by atoms with Crippen LogP contribution in [0, 0.1) is 0 Å². The summed E-state index contributed by atoms with van der Waals surface area (Å²) in [5, 5.41) is 0. The molecule has 0 aliphatic rings. The minimum Gasteiger partial charge on any atom is -1.00 e. The van der Waals surface area contributed by atoms with E-state index >= 15 is 0 Å². The molecule has 0 bridgehead atoms. The molecule has 0 aromatic heterocycles. The van der Waals surface area contributed by atoms with Crippen molar-refractivity contribution in [2.75, 3.05) is 20.6 Å². The van der Waals surface area contributed by atoms with Crippen molar-refractivity contribution in [3.8, 4) is 0 Å². The zero-order chi connectivity index (χ0) is 4.99. The van der Waals surface area contributed by atoms with Crippen molar-refractivity contribution in [1.82, 2.24) is 4.90 Å². The maximum atomic E-state index is 2.18. The largest absolute Gasteiger partial charge is 2.00 e. The van der Waals surface area contributed by atoms with Gasteiger partial charge >= 0.3 is 23.1 Å². The topological polar surface area (TPSA) is 3.24 Å². The van der Waals surface area contributed by atoms with E-state index in [9.17, 15) is 0 Å². The molecule has 0 rings (SSSR count). The quantitative estimate of drug-likeness (QED) is 0.522. The Balaban J connectivity index is -0.0000000208. The summed E-state index contributed by atoms with van der Waals surface area (Å²) in [5.41, 5.74) is 0. The first-order valence-electron chi connectivity index (χ1n) is 2.42. The second-order valence-electron chi connectivity index (χ2n) is 1.80. The van der Waals surface area contributed by atoms with Crippen LogP contribution in [0.25, 0.3) is 0 Å². The number of hydrogen-bond donors (Lipinski definition) is 0. The summed E-state index contributed by atoms with van der Waals surface area (Å²) in [5.74, 6) is 0. The summed E-state index contributed by atoms with van der Waals surface area (Å²) in [4.78, 5) is 2.18. The zero-order valence-corrected chi connectivity index (χ0v) is 9.72. The van der Waals surface area contributed by atoms with E-state index < -0.39 is 0 Å². The molecule has 0 saturated carbocycles. The van der Waals surface area contributed by atoms with Crippen molar-refractivity contribution in [3.05, 3.63) is 0 Å². The Bertz CT molecular complexity index is 40.8. The van der Waals surface area contributed by atoms with Crippen molar-refractivity contribution in [2.45, 2.75) is 13.3 Å². The molecule has 0 aliphatic heterocycles. The van der Waals surface area contributed by atoms with Gasteiger partial charge in [-0.2, -0.15) is 0 Å². The Labute approximate surface area is 88.3 Å². The maximum absolute atomic E-state index is 2.18. The number of rotatable bonds is 2. The molecule has 0 heterocycles. The van der Waals surface area contributed by atoms with E-state index in [4.69, 9.17) is 0 Å². The van der Waals surface area contributed by atoms with Gasteiger partial charge in [-0.3, -0.25) is 0 Å². The van der Waals surface area contributed by atoms with Crippen molar-refractivity contribution >= 4 is 47.0 Å². The van der Waals surface area contributed by atoms with Gasteiger partial charge in [-0.15, -0.1) is 24.0 Å². The van der Waals surface area contributed by atoms with Gasteiger partial charge in [0.2, 0.25) is 0 Å². The normalized spacial score (nSPS) is 7.50. The van der Waals surface area contributed by atoms with E-state index in [0.29, 0.717) is 0 Å². The Morgan fingerprint density at radius 2 is 1.75 bits per heavy atom. The maximum Gasteiger partial charge on any atom is 2.00 e. The third kappa shape index (κ3) is 15.7. The fraction of sp³-hybridized carbons (Fsp3) is 1.00. The van der Waals surface area contributed by atoms with Gasteiger partial charge in [-0.05, 0) is 27.1 Å². The smallest absolute Gasteiger partial charge is 1.00 e. The standard InChI is InChI=1S/C5H13N.HI.Mg.2H/c1-4-5-6(2)3;;;;/h4-5H2,1-3H3;1H;;;/q;;+2;2*-1. The minimum absolute atomic E-state index is 0. The van der Waals surface area contributed by atoms with Crippen molar-refractivity contribution < 1.29 is 2.85 Å². The van der Waals surface area contributed by atoms with Gasteiger partial charge in [0, 0.05) is 0 Å². The van der Waals surface area contributed by atoms with Crippen molar-refractivity contribution in [2.24, 2.45) is 0 Å². The van der Waals surface area contributed by atoms with Crippen LogP contribution in [-0.2, 0) is 0 Å². The predicted molar refractivity (Wildman–Crippen MR) is 52.2 cm³/mol. The molecule has 8 heavy (non-hydrogen) atoms. The van der Waals surface area contributed by atoms with Crippen LogP contribution < -0.4 is 0 Å². The average molecular weight is 241 g/mol. The van der Waals surface area contributed by atoms with Crippen molar-refractivity contribution in [1.29, 1.82) is 0 Å². The third-order valence-corrected chi connectivity index (χ3v) is 0.671. The molecule has 0 radical (unpaired) electrons. The van der Waals surface area contributed by atoms with Gasteiger partial charge in [0.25, 0.3) is 0 Å². The molecule has 0 aromatic carbocycles. The van der Waals surface area contributed by atoms with Gasteiger partial charge in [0.15, 0.2) is 0 Å². The van der Waals surface area contributed by atoms with Gasteiger partial charge in [0.05, 0.1) is 0 Å². The van der Waals surface area contributed by atoms with E-state index in [0.717, 1.165) is 0 Å². The average Bonchev–Trinajstić information content (AvgIpc) is 1.35. The first-order chi connectivity index (χ1) is 2.77. The summed E-state index contributed by atoms with van der Waals surface area (Å²) in [6, 6.07) is 0. The monoisotopic (exact) mass is 241 g/mol. The Morgan fingerprint density at radius 1 is 1.38 bits per heavy atom. The first kappa shape index (κ1) is 16.2. The predicted octanol–water partition coefficient (Wildman–Crippen LogP) is 1.42. The molecule has 0 N–H and O–H groups in total. The van der Waals surface area contributed by atoms with Crippen LogP contribution in [0.3, 0.4) is 0 Å². The van der Waals surface area contributed by atoms with Gasteiger partial charge in [0.1, 0.15) is 0 Å². The van der Waals surface area contributed by atoms with Crippen LogP contribution in [-0.4, -0.2) is 48.6 Å². The molecular weight excluding hydrogens is 225 g/mol. The second-order valence-corrected chi connectivity index (χ2v) is 1.80. The van der Waals surface area contributed by atoms with E-state index in [-0.39, 0.29) is 49.9 Å². The van der Waals surface area contributed by atoms with E-state index in [1.807, 2.05) is 0 Å². The van der Waals surface area contributed by atoms with Gasteiger partial charge in [-0.25, -0.2) is 0 Å². The molecule has 0 amide bonds. The number of halogens is 1. The Morgan fingerprint density at radius 3 is 1.75 bits per heavy atom. The molecule has 3 heteroatoms. The molecule has 0 saturated heterocycles. The molecule has 0 aromatic rings. The molecule has 1 nitrogen and oxygen atoms in total. The summed E-state index contributed by atoms with van der Waals surface area (Å²) in [7, 11) is 4.17. The molecule has 0 unspecified atom stereocenters. The third-order valence-electron chi connectivity index (χ3n) is 0.671. The first-order valence-corrected chi connectivity index (χ1v) is 2.42. The van der Waals surface area contributed by atoms with Gasteiger partial charge in [-0.1, -0.05) is 6.92 Å². The van der Waals surface area contributed by atoms with Crippen LogP contribution in [0.5, 0.6) is 0 Å². The van der Waals surface area contributed by atoms with E-state index in [2.05, 4.69) is 25.9 Å². The minimum atomic E-state index is 0. The van der Waals surface area contributed by atoms with Crippen LogP contribution in [0.1, 0.15) is 16.2 Å². The van der Waals surface area contributed by atoms with Crippen LogP contribution in [0.4, 0.5) is 0 Å². The number of nitrogens with zero attached hydrogens (tertiary/aromatic N) is 1. The Kier molecular flexibility index (Phi) is 22.9.